The fourth-order valence-electron chi connectivity index (χ4n) is 1.61. The molecule has 16 heavy (non-hydrogen) atoms. The number of ether oxygens (including phenoxy) is 2. The van der Waals surface area contributed by atoms with Crippen molar-refractivity contribution in [3.05, 3.63) is 22.2 Å². The first kappa shape index (κ1) is 11.3. The van der Waals surface area contributed by atoms with Gasteiger partial charge in [-0.05, 0) is 18.6 Å². The van der Waals surface area contributed by atoms with Crippen molar-refractivity contribution >= 4 is 27.6 Å². The van der Waals surface area contributed by atoms with E-state index >= 15 is 0 Å². The minimum Gasteiger partial charge on any atom is -0.490 e. The van der Waals surface area contributed by atoms with Crippen molar-refractivity contribution in [2.24, 2.45) is 0 Å². The largest absolute Gasteiger partial charge is 0.490 e. The predicted molar refractivity (Wildman–Crippen MR) is 64.1 cm³/mol. The van der Waals surface area contributed by atoms with Crippen molar-refractivity contribution in [1.82, 2.24) is 0 Å². The van der Waals surface area contributed by atoms with Crippen LogP contribution in [0.25, 0.3) is 0 Å². The Bertz CT molecular complexity index is 420. The molecule has 0 bridgehead atoms. The van der Waals surface area contributed by atoms with E-state index in [1.165, 1.54) is 7.11 Å². The van der Waals surface area contributed by atoms with Crippen LogP contribution in [0.2, 0.25) is 0 Å². The van der Waals surface area contributed by atoms with Gasteiger partial charge in [0.2, 0.25) is 0 Å². The number of halogens is 1. The van der Waals surface area contributed by atoms with Gasteiger partial charge in [-0.1, -0.05) is 15.9 Å². The van der Waals surface area contributed by atoms with Gasteiger partial charge in [-0.3, -0.25) is 0 Å². The lowest BCUT2D eigenvalue weighted by Crippen LogP contribution is -2.06. The summed E-state index contributed by atoms with van der Waals surface area (Å²) in [6.07, 6.45) is 0.910. The van der Waals surface area contributed by atoms with E-state index in [0.29, 0.717) is 17.9 Å². The van der Waals surface area contributed by atoms with Gasteiger partial charge in [0.15, 0.2) is 5.75 Å². The van der Waals surface area contributed by atoms with Gasteiger partial charge < -0.3 is 14.8 Å². The molecular weight excluding hydrogens is 274 g/mol. The van der Waals surface area contributed by atoms with Crippen molar-refractivity contribution in [3.63, 3.8) is 0 Å². The summed E-state index contributed by atoms with van der Waals surface area (Å²) < 4.78 is 11.1. The van der Waals surface area contributed by atoms with Gasteiger partial charge in [-0.2, -0.15) is 0 Å². The molecule has 5 heteroatoms. The van der Waals surface area contributed by atoms with Gasteiger partial charge in [-0.15, -0.1) is 0 Å². The van der Waals surface area contributed by atoms with E-state index in [9.17, 15) is 4.79 Å². The number of benzene rings is 1. The average molecular weight is 286 g/mol. The molecular formula is C11H12BrNO3. The highest BCUT2D eigenvalue weighted by Gasteiger charge is 2.19. The van der Waals surface area contributed by atoms with Crippen LogP contribution in [0.1, 0.15) is 16.8 Å². The van der Waals surface area contributed by atoms with Crippen LogP contribution >= 0.6 is 15.9 Å². The monoisotopic (exact) mass is 285 g/mol. The number of carbonyl (C=O) groups excluding carboxylic acids is 1. The van der Waals surface area contributed by atoms with E-state index in [1.807, 2.05) is 6.07 Å². The van der Waals surface area contributed by atoms with Crippen LogP contribution in [0.3, 0.4) is 0 Å². The minimum absolute atomic E-state index is 0.388. The van der Waals surface area contributed by atoms with Gasteiger partial charge in [0.25, 0.3) is 0 Å². The number of rotatable bonds is 1. The Kier molecular flexibility index (Phi) is 3.33. The maximum atomic E-state index is 11.6. The zero-order valence-electron chi connectivity index (χ0n) is 8.88. The van der Waals surface area contributed by atoms with Crippen LogP contribution in [0.15, 0.2) is 16.6 Å². The highest BCUT2D eigenvalue weighted by molar-refractivity contribution is 9.10. The van der Waals surface area contributed by atoms with Crippen LogP contribution < -0.4 is 10.1 Å². The highest BCUT2D eigenvalue weighted by Crippen LogP contribution is 2.34. The summed E-state index contributed by atoms with van der Waals surface area (Å²) in [5.74, 6) is 0.189. The first-order valence-corrected chi connectivity index (χ1v) is 5.80. The number of esters is 1. The van der Waals surface area contributed by atoms with E-state index in [4.69, 9.17) is 9.47 Å². The summed E-state index contributed by atoms with van der Waals surface area (Å²) in [6.45, 7) is 1.44. The van der Waals surface area contributed by atoms with Gasteiger partial charge in [0.05, 0.1) is 19.4 Å². The molecule has 4 nitrogen and oxygen atoms in total. The SMILES string of the molecule is COC(=O)c1cc(Br)cc2c1OCCCN2. The summed E-state index contributed by atoms with van der Waals surface area (Å²) in [7, 11) is 1.36. The van der Waals surface area contributed by atoms with Crippen LogP contribution in [0, 0.1) is 0 Å². The lowest BCUT2D eigenvalue weighted by atomic mass is 10.1. The number of fused-ring (bicyclic) bond motifs is 1. The molecule has 2 rings (SSSR count). The molecule has 0 saturated heterocycles. The van der Waals surface area contributed by atoms with Crippen molar-refractivity contribution < 1.29 is 14.3 Å². The number of hydrogen-bond donors (Lipinski definition) is 1. The van der Waals surface area contributed by atoms with Crippen LogP contribution in [0.5, 0.6) is 5.75 Å². The summed E-state index contributed by atoms with van der Waals surface area (Å²) in [5.41, 5.74) is 1.27. The molecule has 0 aromatic heterocycles. The molecule has 1 aromatic carbocycles. The standard InChI is InChI=1S/C11H12BrNO3/c1-15-11(14)8-5-7(12)6-9-10(8)16-4-2-3-13-9/h5-6,13H,2-4H2,1H3. The Hall–Kier alpha value is -1.23. The molecule has 1 aliphatic heterocycles. The van der Waals surface area contributed by atoms with Gasteiger partial charge in [-0.25, -0.2) is 4.79 Å². The van der Waals surface area contributed by atoms with Crippen molar-refractivity contribution in [3.8, 4) is 5.75 Å². The second-order valence-corrected chi connectivity index (χ2v) is 4.37. The molecule has 1 aromatic rings. The third-order valence-corrected chi connectivity index (χ3v) is 2.80. The van der Waals surface area contributed by atoms with Gasteiger partial charge >= 0.3 is 5.97 Å². The number of carbonyl (C=O) groups is 1. The summed E-state index contributed by atoms with van der Waals surface area (Å²) in [5, 5.41) is 3.22. The molecule has 0 radical (unpaired) electrons. The van der Waals surface area contributed by atoms with Crippen molar-refractivity contribution in [1.29, 1.82) is 0 Å². The normalized spacial score (nSPS) is 14.1. The smallest absolute Gasteiger partial charge is 0.341 e. The first-order chi connectivity index (χ1) is 7.72. The highest BCUT2D eigenvalue weighted by atomic mass is 79.9. The molecule has 1 heterocycles. The molecule has 1 aliphatic rings. The van der Waals surface area contributed by atoms with Crippen molar-refractivity contribution in [2.75, 3.05) is 25.6 Å². The molecule has 0 atom stereocenters. The van der Waals surface area contributed by atoms with E-state index in [-0.39, 0.29) is 5.97 Å². The molecule has 0 saturated carbocycles. The summed E-state index contributed by atoms with van der Waals surface area (Å²) in [6, 6.07) is 3.60. The quantitative estimate of drug-likeness (QED) is 0.805. The maximum Gasteiger partial charge on any atom is 0.341 e. The molecule has 0 amide bonds. The lowest BCUT2D eigenvalue weighted by molar-refractivity contribution is 0.0596. The topological polar surface area (TPSA) is 47.6 Å². The Morgan fingerprint density at radius 1 is 1.56 bits per heavy atom. The number of nitrogens with one attached hydrogen (secondary N) is 1. The molecule has 0 fully saturated rings. The van der Waals surface area contributed by atoms with Gasteiger partial charge in [0, 0.05) is 11.0 Å². The third-order valence-electron chi connectivity index (χ3n) is 2.34. The Morgan fingerprint density at radius 3 is 3.12 bits per heavy atom. The van der Waals surface area contributed by atoms with Crippen molar-refractivity contribution in [2.45, 2.75) is 6.42 Å². The molecule has 0 unspecified atom stereocenters. The summed E-state index contributed by atoms with van der Waals surface area (Å²) >= 11 is 3.36. The summed E-state index contributed by atoms with van der Waals surface area (Å²) in [4.78, 5) is 11.6. The van der Waals surface area contributed by atoms with Crippen LogP contribution in [0.4, 0.5) is 5.69 Å². The van der Waals surface area contributed by atoms with Crippen LogP contribution in [-0.4, -0.2) is 26.2 Å². The molecule has 0 aliphatic carbocycles. The second kappa shape index (κ2) is 4.74. The van der Waals surface area contributed by atoms with Gasteiger partial charge in [0.1, 0.15) is 5.56 Å². The minimum atomic E-state index is -0.388. The Balaban J connectivity index is 2.50. The Labute approximate surface area is 102 Å². The predicted octanol–water partition coefficient (Wildman–Crippen LogP) is 2.43. The van der Waals surface area contributed by atoms with Crippen LogP contribution in [-0.2, 0) is 4.74 Å². The fraction of sp³-hybridized carbons (Fsp3) is 0.364. The number of anilines is 1. The second-order valence-electron chi connectivity index (χ2n) is 3.45. The zero-order chi connectivity index (χ0) is 11.5. The average Bonchev–Trinajstić information content (AvgIpc) is 2.51. The Morgan fingerprint density at radius 2 is 2.38 bits per heavy atom. The van der Waals surface area contributed by atoms with E-state index in [0.717, 1.165) is 23.1 Å². The molecule has 86 valence electrons. The molecule has 1 N–H and O–H groups in total. The zero-order valence-corrected chi connectivity index (χ0v) is 10.5. The van der Waals surface area contributed by atoms with E-state index < -0.39 is 0 Å². The third kappa shape index (κ3) is 2.14. The number of methoxy groups -OCH3 is 1. The molecule has 0 spiro atoms. The lowest BCUT2D eigenvalue weighted by Gasteiger charge is -2.12. The first-order valence-electron chi connectivity index (χ1n) is 5.01. The van der Waals surface area contributed by atoms with E-state index in [2.05, 4.69) is 21.2 Å². The fourth-order valence-corrected chi connectivity index (χ4v) is 2.07. The number of hydrogen-bond acceptors (Lipinski definition) is 4. The van der Waals surface area contributed by atoms with E-state index in [1.54, 1.807) is 6.07 Å². The maximum absolute atomic E-state index is 11.6.